The molecule has 0 aromatic carbocycles. The third-order valence-electron chi connectivity index (χ3n) is 2.16. The van der Waals surface area contributed by atoms with Gasteiger partial charge in [-0.05, 0) is 6.42 Å². The van der Waals surface area contributed by atoms with Crippen molar-refractivity contribution in [2.75, 3.05) is 7.11 Å². The van der Waals surface area contributed by atoms with Crippen molar-refractivity contribution >= 4 is 11.9 Å². The lowest BCUT2D eigenvalue weighted by Crippen LogP contribution is -2.35. The Morgan fingerprint density at radius 1 is 1.35 bits per heavy atom. The molecule has 1 unspecified atom stereocenters. The fourth-order valence-corrected chi connectivity index (χ4v) is 1.32. The molecule has 0 spiro atoms. The molecule has 0 bridgehead atoms. The first-order valence-corrected chi connectivity index (χ1v) is 4.66. The van der Waals surface area contributed by atoms with Gasteiger partial charge in [-0.15, -0.1) is 0 Å². The van der Waals surface area contributed by atoms with Crippen molar-refractivity contribution in [2.24, 2.45) is 0 Å². The van der Waals surface area contributed by atoms with Crippen LogP contribution in [-0.4, -0.2) is 38.9 Å². The number of esters is 1. The molecule has 9 heteroatoms. The SMILES string of the molecule is COC(=O)CCC(C(=O)O)n1c(=O)[nH][nH]c1=O. The summed E-state index contributed by atoms with van der Waals surface area (Å²) >= 11 is 0. The molecule has 1 aromatic heterocycles. The predicted molar refractivity (Wildman–Crippen MR) is 53.6 cm³/mol. The first kappa shape index (κ1) is 12.7. The number of rotatable bonds is 5. The first-order valence-electron chi connectivity index (χ1n) is 4.66. The van der Waals surface area contributed by atoms with Crippen molar-refractivity contribution < 1.29 is 19.4 Å². The van der Waals surface area contributed by atoms with Crippen molar-refractivity contribution in [3.8, 4) is 0 Å². The van der Waals surface area contributed by atoms with Gasteiger partial charge in [-0.25, -0.2) is 29.1 Å². The van der Waals surface area contributed by atoms with Crippen LogP contribution in [0.2, 0.25) is 0 Å². The average Bonchev–Trinajstić information content (AvgIpc) is 2.60. The molecule has 1 aromatic rings. The summed E-state index contributed by atoms with van der Waals surface area (Å²) in [6.45, 7) is 0. The molecular weight excluding hydrogens is 234 g/mol. The van der Waals surface area contributed by atoms with Gasteiger partial charge in [0.15, 0.2) is 0 Å². The van der Waals surface area contributed by atoms with E-state index in [0.29, 0.717) is 4.57 Å². The number of ether oxygens (including phenoxy) is 1. The van der Waals surface area contributed by atoms with E-state index in [4.69, 9.17) is 5.11 Å². The summed E-state index contributed by atoms with van der Waals surface area (Å²) in [6, 6.07) is -1.41. The lowest BCUT2D eigenvalue weighted by atomic mass is 10.1. The normalized spacial score (nSPS) is 12.1. The quantitative estimate of drug-likeness (QED) is 0.537. The van der Waals surface area contributed by atoms with E-state index in [-0.39, 0.29) is 12.8 Å². The topological polar surface area (TPSA) is 134 Å². The molecule has 0 fully saturated rings. The molecular formula is C8H11N3O6. The zero-order valence-corrected chi connectivity index (χ0v) is 8.93. The van der Waals surface area contributed by atoms with Crippen LogP contribution in [0.3, 0.4) is 0 Å². The maximum atomic E-state index is 11.2. The molecule has 0 amide bonds. The van der Waals surface area contributed by atoms with Crippen molar-refractivity contribution in [2.45, 2.75) is 18.9 Å². The average molecular weight is 245 g/mol. The third-order valence-corrected chi connectivity index (χ3v) is 2.16. The Bertz CT molecular complexity index is 496. The summed E-state index contributed by atoms with van der Waals surface area (Å²) in [5, 5.41) is 12.8. The highest BCUT2D eigenvalue weighted by Gasteiger charge is 2.24. The van der Waals surface area contributed by atoms with Gasteiger partial charge in [0.1, 0.15) is 6.04 Å². The van der Waals surface area contributed by atoms with Crippen LogP contribution in [0.25, 0.3) is 0 Å². The van der Waals surface area contributed by atoms with Crippen molar-refractivity contribution in [1.29, 1.82) is 0 Å². The molecule has 94 valence electrons. The Labute approximate surface area is 94.0 Å². The Morgan fingerprint density at radius 3 is 2.29 bits per heavy atom. The van der Waals surface area contributed by atoms with Gasteiger partial charge in [-0.3, -0.25) is 4.79 Å². The van der Waals surface area contributed by atoms with E-state index in [0.717, 1.165) is 7.11 Å². The number of carbonyl (C=O) groups excluding carboxylic acids is 1. The van der Waals surface area contributed by atoms with E-state index in [2.05, 4.69) is 4.74 Å². The molecule has 0 aliphatic carbocycles. The van der Waals surface area contributed by atoms with Crippen LogP contribution in [0, 0.1) is 0 Å². The monoisotopic (exact) mass is 245 g/mol. The standard InChI is InChI=1S/C8H11N3O6/c1-17-5(12)3-2-4(6(13)14)11-7(15)9-10-8(11)16/h4H,2-3H2,1H3,(H,9,15)(H,10,16)(H,13,14). The largest absolute Gasteiger partial charge is 0.480 e. The molecule has 0 saturated carbocycles. The van der Waals surface area contributed by atoms with Crippen LogP contribution >= 0.6 is 0 Å². The van der Waals surface area contributed by atoms with Crippen LogP contribution in [0.5, 0.6) is 0 Å². The molecule has 0 saturated heterocycles. The molecule has 9 nitrogen and oxygen atoms in total. The Balaban J connectivity index is 2.95. The van der Waals surface area contributed by atoms with Crippen LogP contribution in [-0.2, 0) is 14.3 Å². The number of aromatic nitrogens is 3. The van der Waals surface area contributed by atoms with Gasteiger partial charge in [0, 0.05) is 6.42 Å². The number of nitrogens with zero attached hydrogens (tertiary/aromatic N) is 1. The number of methoxy groups -OCH3 is 1. The van der Waals surface area contributed by atoms with Gasteiger partial charge in [0.25, 0.3) is 0 Å². The second-order valence-electron chi connectivity index (χ2n) is 3.20. The number of nitrogens with one attached hydrogen (secondary N) is 2. The smallest absolute Gasteiger partial charge is 0.345 e. The highest BCUT2D eigenvalue weighted by Crippen LogP contribution is 2.10. The van der Waals surface area contributed by atoms with Gasteiger partial charge in [-0.2, -0.15) is 0 Å². The predicted octanol–water partition coefficient (Wildman–Crippen LogP) is -1.56. The van der Waals surface area contributed by atoms with Gasteiger partial charge in [0.2, 0.25) is 0 Å². The number of carboxylic acid groups (broad SMARTS) is 1. The molecule has 1 heterocycles. The molecule has 3 N–H and O–H groups in total. The number of hydrogen-bond acceptors (Lipinski definition) is 5. The Morgan fingerprint density at radius 2 is 1.88 bits per heavy atom. The summed E-state index contributed by atoms with van der Waals surface area (Å²) in [5.74, 6) is -1.99. The fraction of sp³-hybridized carbons (Fsp3) is 0.500. The van der Waals surface area contributed by atoms with Crippen molar-refractivity contribution in [3.05, 3.63) is 21.0 Å². The molecule has 0 radical (unpaired) electrons. The van der Waals surface area contributed by atoms with Gasteiger partial charge in [0.05, 0.1) is 7.11 Å². The second-order valence-corrected chi connectivity index (χ2v) is 3.20. The maximum Gasteiger partial charge on any atom is 0.345 e. The molecule has 17 heavy (non-hydrogen) atoms. The number of H-pyrrole nitrogens is 2. The summed E-state index contributed by atoms with van der Waals surface area (Å²) in [5.41, 5.74) is -1.74. The van der Waals surface area contributed by atoms with E-state index in [1.54, 1.807) is 0 Å². The third kappa shape index (κ3) is 2.83. The Kier molecular flexibility index (Phi) is 3.86. The number of hydrogen-bond donors (Lipinski definition) is 3. The summed E-state index contributed by atoms with van der Waals surface area (Å²) in [6.07, 6.45) is -0.409. The molecule has 1 rings (SSSR count). The second kappa shape index (κ2) is 5.14. The van der Waals surface area contributed by atoms with E-state index in [1.165, 1.54) is 0 Å². The van der Waals surface area contributed by atoms with Gasteiger partial charge >= 0.3 is 23.3 Å². The summed E-state index contributed by atoms with van der Waals surface area (Å²) in [7, 11) is 1.16. The van der Waals surface area contributed by atoms with Crippen molar-refractivity contribution in [3.63, 3.8) is 0 Å². The highest BCUT2D eigenvalue weighted by atomic mass is 16.5. The highest BCUT2D eigenvalue weighted by molar-refractivity contribution is 5.74. The number of aromatic amines is 2. The van der Waals surface area contributed by atoms with Gasteiger partial charge < -0.3 is 9.84 Å². The molecule has 0 aliphatic rings. The van der Waals surface area contributed by atoms with E-state index in [9.17, 15) is 19.2 Å². The van der Waals surface area contributed by atoms with E-state index >= 15 is 0 Å². The van der Waals surface area contributed by atoms with E-state index in [1.807, 2.05) is 10.2 Å². The minimum absolute atomic E-state index is 0.204. The summed E-state index contributed by atoms with van der Waals surface area (Å²) < 4.78 is 4.85. The lowest BCUT2D eigenvalue weighted by Gasteiger charge is -2.10. The van der Waals surface area contributed by atoms with Crippen molar-refractivity contribution in [1.82, 2.24) is 14.8 Å². The maximum absolute atomic E-state index is 11.2. The lowest BCUT2D eigenvalue weighted by molar-refractivity contribution is -0.143. The van der Waals surface area contributed by atoms with E-state index < -0.39 is 29.4 Å². The minimum atomic E-state index is -1.41. The zero-order chi connectivity index (χ0) is 13.0. The minimum Gasteiger partial charge on any atom is -0.480 e. The van der Waals surface area contributed by atoms with Gasteiger partial charge in [-0.1, -0.05) is 0 Å². The fourth-order valence-electron chi connectivity index (χ4n) is 1.32. The number of carboxylic acids is 1. The summed E-state index contributed by atoms with van der Waals surface area (Å²) in [4.78, 5) is 44.2. The Hall–Kier alpha value is -2.32. The van der Waals surface area contributed by atoms with Crippen LogP contribution < -0.4 is 11.4 Å². The van der Waals surface area contributed by atoms with Crippen LogP contribution in [0.1, 0.15) is 18.9 Å². The molecule has 1 atom stereocenters. The van der Waals surface area contributed by atoms with Crippen LogP contribution in [0.4, 0.5) is 0 Å². The zero-order valence-electron chi connectivity index (χ0n) is 8.93. The number of carbonyl (C=O) groups is 2. The first-order chi connectivity index (χ1) is 7.97. The van der Waals surface area contributed by atoms with Crippen LogP contribution in [0.15, 0.2) is 9.59 Å². The number of aliphatic carboxylic acids is 1. The molecule has 0 aliphatic heterocycles.